The molecule has 0 spiro atoms. The molecule has 0 aromatic carbocycles. The Balaban J connectivity index is 1.65. The highest BCUT2D eigenvalue weighted by atomic mass is 32.2. The van der Waals surface area contributed by atoms with Crippen molar-refractivity contribution >= 4 is 9.84 Å². The van der Waals surface area contributed by atoms with Crippen molar-refractivity contribution < 1.29 is 8.42 Å². The highest BCUT2D eigenvalue weighted by Gasteiger charge is 2.33. The van der Waals surface area contributed by atoms with Crippen LogP contribution in [0.3, 0.4) is 0 Å². The molecule has 0 aromatic rings. The normalized spacial score (nSPS) is 33.1. The predicted molar refractivity (Wildman–Crippen MR) is 55.8 cm³/mol. The first-order valence-corrected chi connectivity index (χ1v) is 7.06. The van der Waals surface area contributed by atoms with Crippen molar-refractivity contribution in [1.29, 1.82) is 0 Å². The van der Waals surface area contributed by atoms with Crippen LogP contribution in [-0.4, -0.2) is 50.5 Å². The summed E-state index contributed by atoms with van der Waals surface area (Å²) in [6.45, 7) is 3.09. The van der Waals surface area contributed by atoms with Crippen molar-refractivity contribution in [2.24, 2.45) is 11.7 Å². The fourth-order valence-corrected chi connectivity index (χ4v) is 3.94. The molecule has 0 aliphatic carbocycles. The summed E-state index contributed by atoms with van der Waals surface area (Å²) in [5.41, 5.74) is 5.78. The summed E-state index contributed by atoms with van der Waals surface area (Å²) in [5, 5.41) is 0. The zero-order valence-electron chi connectivity index (χ0n) is 8.35. The van der Waals surface area contributed by atoms with Crippen LogP contribution in [0.4, 0.5) is 0 Å². The van der Waals surface area contributed by atoms with Gasteiger partial charge in [-0.1, -0.05) is 0 Å². The van der Waals surface area contributed by atoms with Gasteiger partial charge in [0, 0.05) is 12.6 Å². The summed E-state index contributed by atoms with van der Waals surface area (Å²) >= 11 is 0. The lowest BCUT2D eigenvalue weighted by Gasteiger charge is -2.27. The maximum absolute atomic E-state index is 10.9. The first-order chi connectivity index (χ1) is 6.55. The number of nitrogens with two attached hydrogens (primary N) is 1. The third-order valence-electron chi connectivity index (χ3n) is 3.14. The summed E-state index contributed by atoms with van der Waals surface area (Å²) in [6, 6.07) is 0.333. The van der Waals surface area contributed by atoms with E-state index in [-0.39, 0.29) is 0 Å². The molecule has 5 heteroatoms. The fraction of sp³-hybridized carbons (Fsp3) is 1.00. The second-order valence-electron chi connectivity index (χ2n) is 4.58. The minimum atomic E-state index is -2.63. The molecule has 2 aliphatic heterocycles. The zero-order valence-corrected chi connectivity index (χ0v) is 9.17. The molecule has 4 nitrogen and oxygen atoms in total. The number of hydrogen-bond acceptors (Lipinski definition) is 4. The van der Waals surface area contributed by atoms with Gasteiger partial charge in [0.1, 0.15) is 0 Å². The predicted octanol–water partition coefficient (Wildman–Crippen LogP) is -0.546. The van der Waals surface area contributed by atoms with Gasteiger partial charge in [0.2, 0.25) is 0 Å². The molecule has 2 saturated heterocycles. The van der Waals surface area contributed by atoms with E-state index in [4.69, 9.17) is 5.73 Å². The van der Waals surface area contributed by atoms with Crippen LogP contribution in [0.2, 0.25) is 0 Å². The maximum Gasteiger partial charge on any atom is 0.150 e. The Morgan fingerprint density at radius 2 is 2.07 bits per heavy atom. The topological polar surface area (TPSA) is 63.4 Å². The van der Waals surface area contributed by atoms with Crippen LogP contribution in [0.1, 0.15) is 12.8 Å². The lowest BCUT2D eigenvalue weighted by atomic mass is 10.1. The first-order valence-electron chi connectivity index (χ1n) is 5.23. The van der Waals surface area contributed by atoms with Crippen molar-refractivity contribution in [3.05, 3.63) is 0 Å². The molecule has 0 aromatic heterocycles. The van der Waals surface area contributed by atoms with Gasteiger partial charge in [-0.05, 0) is 31.8 Å². The van der Waals surface area contributed by atoms with Gasteiger partial charge >= 0.3 is 0 Å². The average molecular weight is 218 g/mol. The van der Waals surface area contributed by atoms with Crippen molar-refractivity contribution in [2.75, 3.05) is 31.1 Å². The van der Waals surface area contributed by atoms with E-state index in [0.29, 0.717) is 23.5 Å². The lowest BCUT2D eigenvalue weighted by molar-refractivity contribution is 0.306. The van der Waals surface area contributed by atoms with Crippen LogP contribution in [0.5, 0.6) is 0 Å². The number of nitrogens with zero attached hydrogens (tertiary/aromatic N) is 1. The molecule has 0 radical (unpaired) electrons. The quantitative estimate of drug-likeness (QED) is 0.690. The lowest BCUT2D eigenvalue weighted by Crippen LogP contribution is -2.38. The second-order valence-corrected chi connectivity index (χ2v) is 6.73. The molecule has 82 valence electrons. The molecule has 2 fully saturated rings. The van der Waals surface area contributed by atoms with Crippen molar-refractivity contribution in [2.45, 2.75) is 18.9 Å². The van der Waals surface area contributed by atoms with E-state index in [1.54, 1.807) is 0 Å². The van der Waals surface area contributed by atoms with Crippen LogP contribution < -0.4 is 5.73 Å². The zero-order chi connectivity index (χ0) is 10.2. The maximum atomic E-state index is 10.9. The van der Waals surface area contributed by atoms with E-state index in [1.807, 2.05) is 0 Å². The fourth-order valence-electron chi connectivity index (χ4n) is 2.27. The van der Waals surface area contributed by atoms with Crippen LogP contribution >= 0.6 is 0 Å². The molecule has 2 heterocycles. The Bertz CT molecular complexity index is 290. The van der Waals surface area contributed by atoms with Gasteiger partial charge in [0.25, 0.3) is 0 Å². The Kier molecular flexibility index (Phi) is 2.81. The summed E-state index contributed by atoms with van der Waals surface area (Å²) in [4.78, 5) is 2.34. The minimum Gasteiger partial charge on any atom is -0.326 e. The molecular weight excluding hydrogens is 200 g/mol. The van der Waals surface area contributed by atoms with Gasteiger partial charge in [-0.3, -0.25) is 0 Å². The standard InChI is InChI=1S/C9H18N2O2S/c10-9-2-4-11(5-9)3-1-8-6-14(12,13)7-8/h8-9H,1-7,10H2. The van der Waals surface area contributed by atoms with Crippen molar-refractivity contribution in [1.82, 2.24) is 4.90 Å². The highest BCUT2D eigenvalue weighted by molar-refractivity contribution is 7.92. The SMILES string of the molecule is NC1CCN(CCC2CS(=O)(=O)C2)C1. The van der Waals surface area contributed by atoms with Crippen LogP contribution in [-0.2, 0) is 9.84 Å². The number of likely N-dealkylation sites (tertiary alicyclic amines) is 1. The summed E-state index contributed by atoms with van der Waals surface area (Å²) < 4.78 is 21.8. The van der Waals surface area contributed by atoms with E-state index in [0.717, 1.165) is 32.5 Å². The summed E-state index contributed by atoms with van der Waals surface area (Å²) in [7, 11) is -2.63. The Morgan fingerprint density at radius 1 is 1.36 bits per heavy atom. The smallest absolute Gasteiger partial charge is 0.150 e. The van der Waals surface area contributed by atoms with Crippen LogP contribution in [0, 0.1) is 5.92 Å². The van der Waals surface area contributed by atoms with E-state index in [1.165, 1.54) is 0 Å². The van der Waals surface area contributed by atoms with Gasteiger partial charge in [0.15, 0.2) is 9.84 Å². The van der Waals surface area contributed by atoms with Gasteiger partial charge in [-0.25, -0.2) is 8.42 Å². The van der Waals surface area contributed by atoms with E-state index >= 15 is 0 Å². The van der Waals surface area contributed by atoms with E-state index < -0.39 is 9.84 Å². The molecule has 14 heavy (non-hydrogen) atoms. The van der Waals surface area contributed by atoms with Gasteiger partial charge in [-0.15, -0.1) is 0 Å². The minimum absolute atomic E-state index is 0.333. The largest absolute Gasteiger partial charge is 0.326 e. The van der Waals surface area contributed by atoms with Gasteiger partial charge in [0.05, 0.1) is 11.5 Å². The monoisotopic (exact) mass is 218 g/mol. The van der Waals surface area contributed by atoms with Gasteiger partial charge in [-0.2, -0.15) is 0 Å². The Hall–Kier alpha value is -0.130. The number of rotatable bonds is 3. The summed E-state index contributed by atoms with van der Waals surface area (Å²) in [5.74, 6) is 1.23. The van der Waals surface area contributed by atoms with Crippen LogP contribution in [0.15, 0.2) is 0 Å². The molecule has 0 bridgehead atoms. The van der Waals surface area contributed by atoms with Crippen molar-refractivity contribution in [3.8, 4) is 0 Å². The molecule has 0 saturated carbocycles. The summed E-state index contributed by atoms with van der Waals surface area (Å²) in [6.07, 6.45) is 2.11. The second kappa shape index (κ2) is 3.79. The molecule has 1 atom stereocenters. The van der Waals surface area contributed by atoms with Crippen LogP contribution in [0.25, 0.3) is 0 Å². The molecule has 1 unspecified atom stereocenters. The van der Waals surface area contributed by atoms with Gasteiger partial charge < -0.3 is 10.6 Å². The molecular formula is C9H18N2O2S. The first kappa shape index (κ1) is 10.4. The molecule has 2 aliphatic rings. The third-order valence-corrected chi connectivity index (χ3v) is 5.10. The Labute approximate surface area is 85.4 Å². The Morgan fingerprint density at radius 3 is 2.57 bits per heavy atom. The molecule has 2 N–H and O–H groups in total. The average Bonchev–Trinajstić information content (AvgIpc) is 2.44. The van der Waals surface area contributed by atoms with E-state index in [9.17, 15) is 8.42 Å². The van der Waals surface area contributed by atoms with E-state index in [2.05, 4.69) is 4.90 Å². The highest BCUT2D eigenvalue weighted by Crippen LogP contribution is 2.22. The third kappa shape index (κ3) is 2.46. The number of sulfone groups is 1. The number of hydrogen-bond donors (Lipinski definition) is 1. The molecule has 2 rings (SSSR count). The molecule has 0 amide bonds. The van der Waals surface area contributed by atoms with Crippen molar-refractivity contribution in [3.63, 3.8) is 0 Å².